The summed E-state index contributed by atoms with van der Waals surface area (Å²) in [6.45, 7) is 2.34. The van der Waals surface area contributed by atoms with Gasteiger partial charge in [-0.2, -0.15) is 0 Å². The molecule has 2 N–H and O–H groups in total. The first-order valence-corrected chi connectivity index (χ1v) is 9.03. The molecule has 0 aromatic heterocycles. The summed E-state index contributed by atoms with van der Waals surface area (Å²) in [6, 6.07) is 0.383. The summed E-state index contributed by atoms with van der Waals surface area (Å²) in [6.07, 6.45) is 15.1. The predicted octanol–water partition coefficient (Wildman–Crippen LogP) is 4.18. The zero-order valence-corrected chi connectivity index (χ0v) is 14.0. The monoisotopic (exact) mass is 280 g/mol. The summed E-state index contributed by atoms with van der Waals surface area (Å²) in [5.41, 5.74) is 7.15. The summed E-state index contributed by atoms with van der Waals surface area (Å²) < 4.78 is 0. The summed E-state index contributed by atoms with van der Waals surface area (Å²) >= 11 is 0. The maximum atomic E-state index is 6.87. The third-order valence-electron chi connectivity index (χ3n) is 6.46. The quantitative estimate of drug-likeness (QED) is 0.783. The maximum absolute atomic E-state index is 6.87. The Labute approximate surface area is 126 Å². The van der Waals surface area contributed by atoms with Gasteiger partial charge in [0.25, 0.3) is 0 Å². The molecular formula is C18H36N2. The number of nitrogens with zero attached hydrogens (tertiary/aromatic N) is 1. The van der Waals surface area contributed by atoms with E-state index in [-0.39, 0.29) is 5.54 Å². The molecule has 1 unspecified atom stereocenters. The second-order valence-corrected chi connectivity index (χ2v) is 7.63. The Bertz CT molecular complexity index is 271. The van der Waals surface area contributed by atoms with Crippen LogP contribution in [0.5, 0.6) is 0 Å². The Hall–Kier alpha value is -0.0800. The van der Waals surface area contributed by atoms with Crippen LogP contribution in [0.15, 0.2) is 0 Å². The fourth-order valence-electron chi connectivity index (χ4n) is 4.81. The first kappa shape index (κ1) is 16.3. The van der Waals surface area contributed by atoms with Crippen molar-refractivity contribution in [1.29, 1.82) is 0 Å². The molecule has 0 aromatic rings. The fourth-order valence-corrected chi connectivity index (χ4v) is 4.81. The van der Waals surface area contributed by atoms with Crippen LogP contribution in [0.4, 0.5) is 0 Å². The van der Waals surface area contributed by atoms with Crippen molar-refractivity contribution in [3.05, 3.63) is 0 Å². The molecule has 0 bridgehead atoms. The minimum absolute atomic E-state index is 0.278. The third-order valence-corrected chi connectivity index (χ3v) is 6.46. The van der Waals surface area contributed by atoms with Crippen LogP contribution in [0.1, 0.15) is 77.6 Å². The Morgan fingerprint density at radius 2 is 1.55 bits per heavy atom. The topological polar surface area (TPSA) is 29.3 Å². The van der Waals surface area contributed by atoms with Crippen molar-refractivity contribution in [3.8, 4) is 0 Å². The van der Waals surface area contributed by atoms with Gasteiger partial charge >= 0.3 is 0 Å². The average molecular weight is 280 g/mol. The first-order chi connectivity index (χ1) is 9.60. The summed E-state index contributed by atoms with van der Waals surface area (Å²) in [5, 5.41) is 0. The zero-order valence-electron chi connectivity index (χ0n) is 14.0. The van der Waals surface area contributed by atoms with Crippen molar-refractivity contribution in [3.63, 3.8) is 0 Å². The van der Waals surface area contributed by atoms with Gasteiger partial charge in [-0.25, -0.2) is 0 Å². The summed E-state index contributed by atoms with van der Waals surface area (Å²) in [7, 11) is 4.53. The molecule has 2 aliphatic carbocycles. The van der Waals surface area contributed by atoms with E-state index in [2.05, 4.69) is 25.9 Å². The minimum atomic E-state index is 0.278. The van der Waals surface area contributed by atoms with Gasteiger partial charge in [-0.15, -0.1) is 0 Å². The Kier molecular flexibility index (Phi) is 5.92. The first-order valence-electron chi connectivity index (χ1n) is 9.03. The molecule has 0 aromatic carbocycles. The SMILES string of the molecule is CCC1CCC(C(N)C2(N(C)C)CCCCCC2)CC1. The van der Waals surface area contributed by atoms with Crippen LogP contribution >= 0.6 is 0 Å². The minimum Gasteiger partial charge on any atom is -0.326 e. The Balaban J connectivity index is 2.05. The van der Waals surface area contributed by atoms with Crippen LogP contribution in [0.3, 0.4) is 0 Å². The van der Waals surface area contributed by atoms with Crippen molar-refractivity contribution in [2.24, 2.45) is 17.6 Å². The van der Waals surface area contributed by atoms with Crippen LogP contribution in [0, 0.1) is 11.8 Å². The number of nitrogens with two attached hydrogens (primary N) is 1. The Morgan fingerprint density at radius 3 is 2.00 bits per heavy atom. The molecule has 0 saturated heterocycles. The average Bonchev–Trinajstić information content (AvgIpc) is 2.73. The number of likely N-dealkylation sites (N-methyl/N-ethyl adjacent to an activating group) is 1. The van der Waals surface area contributed by atoms with E-state index in [1.807, 2.05) is 0 Å². The number of hydrogen-bond acceptors (Lipinski definition) is 2. The third kappa shape index (κ3) is 3.39. The fraction of sp³-hybridized carbons (Fsp3) is 1.00. The summed E-state index contributed by atoms with van der Waals surface area (Å²) in [5.74, 6) is 1.74. The molecule has 2 heteroatoms. The largest absolute Gasteiger partial charge is 0.326 e. The van der Waals surface area contributed by atoms with Crippen LogP contribution in [-0.4, -0.2) is 30.6 Å². The van der Waals surface area contributed by atoms with Crippen molar-refractivity contribution >= 4 is 0 Å². The van der Waals surface area contributed by atoms with E-state index in [1.165, 1.54) is 70.6 Å². The van der Waals surface area contributed by atoms with Crippen LogP contribution < -0.4 is 5.73 Å². The normalized spacial score (nSPS) is 32.9. The van der Waals surface area contributed by atoms with E-state index >= 15 is 0 Å². The standard InChI is InChI=1S/C18H36N2/c1-4-15-9-11-16(12-10-15)17(19)18(20(2)3)13-7-5-6-8-14-18/h15-17H,4-14,19H2,1-3H3. The molecule has 118 valence electrons. The van der Waals surface area contributed by atoms with E-state index in [0.29, 0.717) is 6.04 Å². The van der Waals surface area contributed by atoms with Gasteiger partial charge in [0.2, 0.25) is 0 Å². The van der Waals surface area contributed by atoms with Crippen LogP contribution in [0.25, 0.3) is 0 Å². The smallest absolute Gasteiger partial charge is 0.0357 e. The molecule has 2 nitrogen and oxygen atoms in total. The zero-order chi connectivity index (χ0) is 14.6. The van der Waals surface area contributed by atoms with Crippen LogP contribution in [0.2, 0.25) is 0 Å². The highest BCUT2D eigenvalue weighted by molar-refractivity contribution is 5.01. The molecular weight excluding hydrogens is 244 g/mol. The van der Waals surface area contributed by atoms with Crippen molar-refractivity contribution in [2.75, 3.05) is 14.1 Å². The molecule has 20 heavy (non-hydrogen) atoms. The second kappa shape index (κ2) is 7.26. The highest BCUT2D eigenvalue weighted by atomic mass is 15.2. The van der Waals surface area contributed by atoms with Gasteiger partial charge in [-0.1, -0.05) is 51.9 Å². The van der Waals surface area contributed by atoms with Crippen molar-refractivity contribution in [2.45, 2.75) is 89.1 Å². The molecule has 1 atom stereocenters. The van der Waals surface area contributed by atoms with Crippen LogP contribution in [-0.2, 0) is 0 Å². The highest BCUT2D eigenvalue weighted by Gasteiger charge is 2.43. The van der Waals surface area contributed by atoms with Gasteiger partial charge in [0.05, 0.1) is 0 Å². The molecule has 0 radical (unpaired) electrons. The van der Waals surface area contributed by atoms with E-state index in [0.717, 1.165) is 11.8 Å². The molecule has 0 heterocycles. The molecule has 2 saturated carbocycles. The van der Waals surface area contributed by atoms with Gasteiger partial charge in [-0.3, -0.25) is 0 Å². The Morgan fingerprint density at radius 1 is 1.00 bits per heavy atom. The van der Waals surface area contributed by atoms with E-state index < -0.39 is 0 Å². The van der Waals surface area contributed by atoms with Crippen molar-refractivity contribution in [1.82, 2.24) is 4.90 Å². The highest BCUT2D eigenvalue weighted by Crippen LogP contribution is 2.41. The van der Waals surface area contributed by atoms with E-state index in [9.17, 15) is 0 Å². The second-order valence-electron chi connectivity index (χ2n) is 7.63. The van der Waals surface area contributed by atoms with Gasteiger partial charge in [0.1, 0.15) is 0 Å². The maximum Gasteiger partial charge on any atom is 0.0357 e. The molecule has 2 fully saturated rings. The predicted molar refractivity (Wildman–Crippen MR) is 87.8 cm³/mol. The van der Waals surface area contributed by atoms with Gasteiger partial charge in [0.15, 0.2) is 0 Å². The molecule has 2 aliphatic rings. The lowest BCUT2D eigenvalue weighted by atomic mass is 9.69. The number of rotatable bonds is 4. The lowest BCUT2D eigenvalue weighted by Crippen LogP contribution is -2.60. The van der Waals surface area contributed by atoms with E-state index in [1.54, 1.807) is 0 Å². The summed E-state index contributed by atoms with van der Waals surface area (Å²) in [4.78, 5) is 2.48. The molecule has 0 amide bonds. The van der Waals surface area contributed by atoms with E-state index in [4.69, 9.17) is 5.73 Å². The van der Waals surface area contributed by atoms with Gasteiger partial charge in [-0.05, 0) is 51.6 Å². The lowest BCUT2D eigenvalue weighted by Gasteiger charge is -2.48. The molecule has 2 rings (SSSR count). The molecule has 0 aliphatic heterocycles. The molecule has 0 spiro atoms. The van der Waals surface area contributed by atoms with Crippen molar-refractivity contribution < 1.29 is 0 Å². The van der Waals surface area contributed by atoms with Gasteiger partial charge < -0.3 is 10.6 Å². The lowest BCUT2D eigenvalue weighted by molar-refractivity contribution is 0.0556. The van der Waals surface area contributed by atoms with Gasteiger partial charge in [0, 0.05) is 11.6 Å². The number of hydrogen-bond donors (Lipinski definition) is 1.